The highest BCUT2D eigenvalue weighted by molar-refractivity contribution is 7.91. The van der Waals surface area contributed by atoms with Gasteiger partial charge in [0.15, 0.2) is 15.6 Å². The minimum atomic E-state index is -3.07. The number of aromatic nitrogens is 1. The third-order valence-corrected chi connectivity index (χ3v) is 9.06. The highest BCUT2D eigenvalue weighted by atomic mass is 32.2. The van der Waals surface area contributed by atoms with Gasteiger partial charge in [-0.1, -0.05) is 24.3 Å². The summed E-state index contributed by atoms with van der Waals surface area (Å²) in [5, 5.41) is 2.88. The van der Waals surface area contributed by atoms with E-state index in [1.54, 1.807) is 13.0 Å². The lowest BCUT2D eigenvalue weighted by molar-refractivity contribution is -0.131. The number of Topliss-reactive ketones (excluding diaryl/α,β-unsaturated/α-hetero) is 1. The molecule has 9 heteroatoms. The molecule has 174 valence electrons. The smallest absolute Gasteiger partial charge is 0.325 e. The van der Waals surface area contributed by atoms with Gasteiger partial charge in [-0.25, -0.2) is 13.2 Å². The Morgan fingerprint density at radius 3 is 2.70 bits per heavy atom. The topological polar surface area (TPSA) is 106 Å². The maximum absolute atomic E-state index is 13.5. The molecule has 0 bridgehead atoms. The van der Waals surface area contributed by atoms with Crippen molar-refractivity contribution in [1.29, 1.82) is 0 Å². The molecule has 3 heterocycles. The maximum atomic E-state index is 13.5. The van der Waals surface area contributed by atoms with Crippen molar-refractivity contribution >= 4 is 27.6 Å². The summed E-state index contributed by atoms with van der Waals surface area (Å²) in [6.45, 7) is 3.29. The number of hydrogen-bond donors (Lipinski definition) is 1. The molecule has 1 N–H and O–H groups in total. The van der Waals surface area contributed by atoms with E-state index in [-0.39, 0.29) is 35.8 Å². The Hall–Kier alpha value is -2.94. The fraction of sp³-hybridized carbons (Fsp3) is 0.458. The van der Waals surface area contributed by atoms with E-state index in [1.807, 2.05) is 35.8 Å². The van der Waals surface area contributed by atoms with Crippen LogP contribution < -0.4 is 5.32 Å². The third kappa shape index (κ3) is 3.40. The number of fused-ring (bicyclic) bond motifs is 2. The first-order valence-corrected chi connectivity index (χ1v) is 13.1. The molecule has 1 aromatic carbocycles. The Kier molecular flexibility index (Phi) is 5.00. The Morgan fingerprint density at radius 1 is 1.21 bits per heavy atom. The van der Waals surface area contributed by atoms with Gasteiger partial charge in [-0.2, -0.15) is 0 Å². The lowest BCUT2D eigenvalue weighted by Gasteiger charge is -2.33. The van der Waals surface area contributed by atoms with Gasteiger partial charge in [0.25, 0.3) is 5.91 Å². The molecule has 1 aliphatic carbocycles. The van der Waals surface area contributed by atoms with Crippen LogP contribution in [0.2, 0.25) is 0 Å². The minimum absolute atomic E-state index is 0.0614. The second-order valence-corrected chi connectivity index (χ2v) is 11.6. The second-order valence-electron chi connectivity index (χ2n) is 9.37. The van der Waals surface area contributed by atoms with Gasteiger partial charge in [0.05, 0.1) is 18.1 Å². The van der Waals surface area contributed by atoms with Crippen LogP contribution in [0.3, 0.4) is 0 Å². The Bertz CT molecular complexity index is 1300. The zero-order chi connectivity index (χ0) is 23.5. The van der Waals surface area contributed by atoms with Gasteiger partial charge in [-0.3, -0.25) is 14.5 Å². The lowest BCUT2D eigenvalue weighted by atomic mass is 9.76. The highest BCUT2D eigenvalue weighted by Crippen LogP contribution is 2.40. The van der Waals surface area contributed by atoms with Crippen LogP contribution in [0, 0.1) is 13.8 Å². The number of hydrogen-bond acceptors (Lipinski definition) is 5. The molecule has 2 aromatic rings. The van der Waals surface area contributed by atoms with Crippen molar-refractivity contribution in [2.45, 2.75) is 51.1 Å². The first-order chi connectivity index (χ1) is 15.6. The van der Waals surface area contributed by atoms with E-state index in [0.717, 1.165) is 34.6 Å². The normalized spacial score (nSPS) is 26.0. The number of nitrogens with one attached hydrogen (secondary N) is 1. The van der Waals surface area contributed by atoms with Crippen molar-refractivity contribution in [1.82, 2.24) is 14.8 Å². The van der Waals surface area contributed by atoms with Crippen LogP contribution in [0.4, 0.5) is 4.79 Å². The lowest BCUT2D eigenvalue weighted by Crippen LogP contribution is -2.46. The number of amides is 3. The van der Waals surface area contributed by atoms with Crippen LogP contribution in [-0.2, 0) is 26.6 Å². The Labute approximate surface area is 192 Å². The molecule has 3 aliphatic rings. The van der Waals surface area contributed by atoms with Crippen molar-refractivity contribution in [3.05, 3.63) is 58.4 Å². The molecule has 0 radical (unpaired) electrons. The summed E-state index contributed by atoms with van der Waals surface area (Å²) in [6.07, 6.45) is 2.64. The average molecular weight is 470 g/mol. The molecule has 3 amide bonds. The van der Waals surface area contributed by atoms with Crippen LogP contribution in [-0.4, -0.2) is 53.7 Å². The Balaban J connectivity index is 1.41. The molecule has 8 nitrogen and oxygen atoms in total. The standard InChI is InChI=1S/C24H27N3O5S/c1-15-12-19(16(2)27(15)18-9-11-33(31,32)14-18)21(28)13-26-22(29)24(25-23(26)30)10-5-7-17-6-3-4-8-20(17)24/h3-4,6,8,12,18H,5,7,9-11,13-14H2,1-2H3,(H,25,30)/t18-,24+/m1/s1. The third-order valence-electron chi connectivity index (χ3n) is 7.31. The number of ketones is 1. The molecule has 0 saturated carbocycles. The SMILES string of the molecule is Cc1cc(C(=O)CN2C(=O)N[C@]3(CCCc4ccccc43)C2=O)c(C)n1[C@@H]1CCS(=O)(=O)C1. The van der Waals surface area contributed by atoms with Gasteiger partial charge in [-0.15, -0.1) is 0 Å². The van der Waals surface area contributed by atoms with Gasteiger partial charge in [0.2, 0.25) is 0 Å². The number of nitrogens with zero attached hydrogens (tertiary/aromatic N) is 2. The molecule has 2 aliphatic heterocycles. The molecule has 1 spiro atoms. The van der Waals surface area contributed by atoms with E-state index in [4.69, 9.17) is 0 Å². The first kappa shape index (κ1) is 21.9. The zero-order valence-electron chi connectivity index (χ0n) is 18.8. The van der Waals surface area contributed by atoms with Crippen LogP contribution in [0.15, 0.2) is 30.3 Å². The monoisotopic (exact) mass is 469 g/mol. The van der Waals surface area contributed by atoms with Gasteiger partial charge >= 0.3 is 6.03 Å². The molecule has 1 aromatic heterocycles. The molecule has 2 saturated heterocycles. The van der Waals surface area contributed by atoms with E-state index in [1.165, 1.54) is 0 Å². The van der Waals surface area contributed by atoms with Crippen LogP contribution in [0.25, 0.3) is 0 Å². The number of aryl methyl sites for hydroxylation is 2. The van der Waals surface area contributed by atoms with Gasteiger partial charge in [0.1, 0.15) is 5.54 Å². The number of rotatable bonds is 4. The van der Waals surface area contributed by atoms with Crippen molar-refractivity contribution in [2.75, 3.05) is 18.1 Å². The largest absolute Gasteiger partial charge is 0.344 e. The number of benzene rings is 1. The average Bonchev–Trinajstić information content (AvgIpc) is 3.35. The fourth-order valence-corrected chi connectivity index (χ4v) is 7.48. The van der Waals surface area contributed by atoms with Crippen molar-refractivity contribution in [3.63, 3.8) is 0 Å². The second kappa shape index (κ2) is 7.55. The molecular weight excluding hydrogens is 442 g/mol. The molecule has 5 rings (SSSR count). The summed E-state index contributed by atoms with van der Waals surface area (Å²) in [4.78, 5) is 40.6. The summed E-state index contributed by atoms with van der Waals surface area (Å²) in [5.41, 5.74) is 2.63. The fourth-order valence-electron chi connectivity index (χ4n) is 5.78. The maximum Gasteiger partial charge on any atom is 0.325 e. The summed E-state index contributed by atoms with van der Waals surface area (Å²) < 4.78 is 25.8. The van der Waals surface area contributed by atoms with E-state index < -0.39 is 21.4 Å². The number of sulfone groups is 1. The van der Waals surface area contributed by atoms with Crippen LogP contribution in [0.1, 0.15) is 58.2 Å². The molecule has 2 atom stereocenters. The molecule has 0 unspecified atom stereocenters. The summed E-state index contributed by atoms with van der Waals surface area (Å²) in [7, 11) is -3.07. The van der Waals surface area contributed by atoms with E-state index in [0.29, 0.717) is 24.1 Å². The minimum Gasteiger partial charge on any atom is -0.344 e. The predicted molar refractivity (Wildman–Crippen MR) is 122 cm³/mol. The predicted octanol–water partition coefficient (Wildman–Crippen LogP) is 2.43. The number of urea groups is 1. The van der Waals surface area contributed by atoms with E-state index in [2.05, 4.69) is 5.32 Å². The number of carbonyl (C=O) groups is 3. The molecule has 33 heavy (non-hydrogen) atoms. The summed E-state index contributed by atoms with van der Waals surface area (Å²) in [5.74, 6) is -0.515. The van der Waals surface area contributed by atoms with Crippen molar-refractivity contribution in [3.8, 4) is 0 Å². The summed E-state index contributed by atoms with van der Waals surface area (Å²) >= 11 is 0. The van der Waals surface area contributed by atoms with Crippen molar-refractivity contribution < 1.29 is 22.8 Å². The Morgan fingerprint density at radius 2 is 1.97 bits per heavy atom. The number of imide groups is 1. The quantitative estimate of drug-likeness (QED) is 0.547. The highest BCUT2D eigenvalue weighted by Gasteiger charge is 2.54. The summed E-state index contributed by atoms with van der Waals surface area (Å²) in [6, 6.07) is 8.61. The van der Waals surface area contributed by atoms with Crippen LogP contribution >= 0.6 is 0 Å². The van der Waals surface area contributed by atoms with Gasteiger partial charge < -0.3 is 9.88 Å². The number of carbonyl (C=O) groups excluding carboxylic acids is 3. The van der Waals surface area contributed by atoms with Gasteiger partial charge in [-0.05, 0) is 56.7 Å². The molecule has 2 fully saturated rings. The zero-order valence-corrected chi connectivity index (χ0v) is 19.6. The van der Waals surface area contributed by atoms with Gasteiger partial charge in [0, 0.05) is 23.0 Å². The molecular formula is C24H27N3O5S. The van der Waals surface area contributed by atoms with Crippen molar-refractivity contribution in [2.24, 2.45) is 0 Å². The van der Waals surface area contributed by atoms with Crippen LogP contribution in [0.5, 0.6) is 0 Å². The van der Waals surface area contributed by atoms with E-state index >= 15 is 0 Å². The first-order valence-electron chi connectivity index (χ1n) is 11.3. The van der Waals surface area contributed by atoms with E-state index in [9.17, 15) is 22.8 Å².